The van der Waals surface area contributed by atoms with Gasteiger partial charge in [-0.05, 0) is 89.7 Å². The molecule has 63 heavy (non-hydrogen) atoms. The highest BCUT2D eigenvalue weighted by Crippen LogP contribution is 2.44. The maximum atomic E-state index is 6.92. The first-order chi connectivity index (χ1) is 31.1. The van der Waals surface area contributed by atoms with E-state index in [2.05, 4.69) is 76.9 Å². The average molecular weight is 824 g/mol. The Labute approximate surface area is 364 Å². The zero-order valence-electron chi connectivity index (χ0n) is 34.7. The highest BCUT2D eigenvalue weighted by Gasteiger charge is 2.21. The molecule has 0 radical (unpaired) electrons. The zero-order valence-corrected chi connectivity index (χ0v) is 34.7. The maximum absolute atomic E-state index is 6.92. The molecule has 0 aliphatic carbocycles. The Bertz CT molecular complexity index is 2990. The molecular formula is C54H41N5O4. The first-order valence-electron chi connectivity index (χ1n) is 21.0. The number of nitrogens with zero attached hydrogens (tertiary/aromatic N) is 5. The highest BCUT2D eigenvalue weighted by atomic mass is 16.5. The third kappa shape index (κ3) is 8.03. The van der Waals surface area contributed by atoms with Crippen molar-refractivity contribution in [3.05, 3.63) is 200 Å². The van der Waals surface area contributed by atoms with Crippen LogP contribution in [0.25, 0.3) is 50.0 Å². The number of benzene rings is 6. The third-order valence-electron chi connectivity index (χ3n) is 10.8. The SMILES string of the molecule is CCc1cc(Oc2ccccn2)cc(Oc2ccc3c4ccc(Oc5cc(Oc6ccccn6)cc(CC)c5-c5ccccc5)cc4n(-c4ncccn4)c3c2)c1-c1ccccc1. The summed E-state index contributed by atoms with van der Waals surface area (Å²) in [5.41, 5.74) is 7.99. The number of pyridine rings is 2. The van der Waals surface area contributed by atoms with Gasteiger partial charge >= 0.3 is 0 Å². The van der Waals surface area contributed by atoms with Crippen molar-refractivity contribution in [1.82, 2.24) is 24.5 Å². The number of hydrogen-bond donors (Lipinski definition) is 0. The van der Waals surface area contributed by atoms with Crippen LogP contribution in [-0.4, -0.2) is 24.5 Å². The molecule has 0 spiro atoms. The van der Waals surface area contributed by atoms with Crippen molar-refractivity contribution in [2.24, 2.45) is 0 Å². The van der Waals surface area contributed by atoms with E-state index in [1.807, 2.05) is 115 Å². The van der Waals surface area contributed by atoms with E-state index in [9.17, 15) is 0 Å². The second-order valence-corrected chi connectivity index (χ2v) is 14.8. The lowest BCUT2D eigenvalue weighted by atomic mass is 9.96. The van der Waals surface area contributed by atoms with Crippen LogP contribution in [0.4, 0.5) is 0 Å². The molecule has 0 amide bonds. The molecule has 0 fully saturated rings. The molecule has 9 heteroatoms. The third-order valence-corrected chi connectivity index (χ3v) is 10.8. The predicted octanol–water partition coefficient (Wildman–Crippen LogP) is 14.0. The van der Waals surface area contributed by atoms with Crippen molar-refractivity contribution in [1.29, 1.82) is 0 Å². The predicted molar refractivity (Wildman–Crippen MR) is 248 cm³/mol. The fraction of sp³-hybridized carbons (Fsp3) is 0.0741. The van der Waals surface area contributed by atoms with E-state index in [0.717, 1.165) is 68.0 Å². The summed E-state index contributed by atoms with van der Waals surface area (Å²) in [4.78, 5) is 18.3. The van der Waals surface area contributed by atoms with Crippen LogP contribution in [0.15, 0.2) is 189 Å². The summed E-state index contributed by atoms with van der Waals surface area (Å²) < 4.78 is 28.4. The largest absolute Gasteiger partial charge is 0.456 e. The van der Waals surface area contributed by atoms with E-state index in [1.54, 1.807) is 24.8 Å². The van der Waals surface area contributed by atoms with Crippen molar-refractivity contribution in [2.45, 2.75) is 26.7 Å². The Morgan fingerprint density at radius 1 is 0.397 bits per heavy atom. The first kappa shape index (κ1) is 38.9. The van der Waals surface area contributed by atoms with Gasteiger partial charge < -0.3 is 18.9 Å². The lowest BCUT2D eigenvalue weighted by Crippen LogP contribution is -2.00. The second kappa shape index (κ2) is 17.4. The van der Waals surface area contributed by atoms with E-state index in [-0.39, 0.29) is 0 Å². The molecule has 4 aromatic heterocycles. The van der Waals surface area contributed by atoms with Crippen LogP contribution in [0.5, 0.6) is 46.3 Å². The standard InChI is InChI=1S/C54H41N5O4/c1-3-36-30-42(62-50-20-11-13-26-55-50)34-48(52(36)38-16-7-5-8-17-38)60-40-22-24-44-45-25-23-41(33-47(45)59(46(44)32-40)54-57-28-15-29-58-54)61-49-35-43(63-51-21-12-14-27-56-51)31-37(4-2)53(49)39-18-9-6-10-19-39/h5-35H,3-4H2,1-2H3. The number of rotatable bonds is 13. The molecule has 10 aromatic rings. The van der Waals surface area contributed by atoms with Crippen LogP contribution in [0.2, 0.25) is 0 Å². The summed E-state index contributed by atoms with van der Waals surface area (Å²) in [6.07, 6.45) is 8.45. The van der Waals surface area contributed by atoms with Crippen LogP contribution in [0, 0.1) is 0 Å². The topological polar surface area (TPSA) is 93.4 Å². The van der Waals surface area contributed by atoms with Gasteiger partial charge in [-0.25, -0.2) is 19.9 Å². The molecule has 0 saturated carbocycles. The van der Waals surface area contributed by atoms with Gasteiger partial charge in [0, 0.05) is 83.1 Å². The fourth-order valence-corrected chi connectivity index (χ4v) is 8.03. The second-order valence-electron chi connectivity index (χ2n) is 14.8. The molecule has 0 aliphatic rings. The number of hydrogen-bond acceptors (Lipinski definition) is 8. The number of aryl methyl sites for hydroxylation is 2. The highest BCUT2D eigenvalue weighted by molar-refractivity contribution is 6.09. The van der Waals surface area contributed by atoms with Gasteiger partial charge in [-0.2, -0.15) is 0 Å². The normalized spacial score (nSPS) is 11.1. The monoisotopic (exact) mass is 823 g/mol. The van der Waals surface area contributed by atoms with Crippen LogP contribution in [-0.2, 0) is 12.8 Å². The van der Waals surface area contributed by atoms with Crippen molar-refractivity contribution >= 4 is 21.8 Å². The summed E-state index contributed by atoms with van der Waals surface area (Å²) >= 11 is 0. The number of aromatic nitrogens is 5. The van der Waals surface area contributed by atoms with Crippen LogP contribution in [0.1, 0.15) is 25.0 Å². The lowest BCUT2D eigenvalue weighted by molar-refractivity contribution is 0.448. The Kier molecular flexibility index (Phi) is 10.7. The summed E-state index contributed by atoms with van der Waals surface area (Å²) in [7, 11) is 0. The van der Waals surface area contributed by atoms with Gasteiger partial charge in [0.25, 0.3) is 0 Å². The Hall–Kier alpha value is -8.30. The molecule has 0 aliphatic heterocycles. The minimum Gasteiger partial charge on any atom is -0.456 e. The van der Waals surface area contributed by atoms with Crippen molar-refractivity contribution in [3.63, 3.8) is 0 Å². The van der Waals surface area contributed by atoms with Crippen molar-refractivity contribution in [2.75, 3.05) is 0 Å². The smallest absolute Gasteiger partial charge is 0.234 e. The van der Waals surface area contributed by atoms with E-state index >= 15 is 0 Å². The molecule has 6 aromatic carbocycles. The molecule has 0 N–H and O–H groups in total. The zero-order chi connectivity index (χ0) is 42.5. The van der Waals surface area contributed by atoms with Gasteiger partial charge in [-0.1, -0.05) is 86.6 Å². The minimum atomic E-state index is 0.503. The van der Waals surface area contributed by atoms with Crippen molar-refractivity contribution < 1.29 is 18.9 Å². The minimum absolute atomic E-state index is 0.503. The molecule has 10 rings (SSSR count). The Balaban J connectivity index is 1.09. The lowest BCUT2D eigenvalue weighted by Gasteiger charge is -2.18. The van der Waals surface area contributed by atoms with E-state index in [0.29, 0.717) is 52.2 Å². The van der Waals surface area contributed by atoms with Crippen molar-refractivity contribution in [3.8, 4) is 74.5 Å². The van der Waals surface area contributed by atoms with Crippen LogP contribution < -0.4 is 18.9 Å². The first-order valence-corrected chi connectivity index (χ1v) is 21.0. The van der Waals surface area contributed by atoms with E-state index in [1.165, 1.54) is 0 Å². The van der Waals surface area contributed by atoms with Gasteiger partial charge in [0.1, 0.15) is 34.5 Å². The Morgan fingerprint density at radius 2 is 0.841 bits per heavy atom. The summed E-state index contributed by atoms with van der Waals surface area (Å²) in [6.45, 7) is 4.27. The molecule has 9 nitrogen and oxygen atoms in total. The fourth-order valence-electron chi connectivity index (χ4n) is 8.03. The van der Waals surface area contributed by atoms with E-state index < -0.39 is 0 Å². The molecule has 4 heterocycles. The summed E-state index contributed by atoms with van der Waals surface area (Å²) in [5, 5.41) is 2.01. The van der Waals surface area contributed by atoms with E-state index in [4.69, 9.17) is 28.9 Å². The quantitative estimate of drug-likeness (QED) is 0.113. The van der Waals surface area contributed by atoms with Gasteiger partial charge in [0.05, 0.1) is 11.0 Å². The molecule has 306 valence electrons. The maximum Gasteiger partial charge on any atom is 0.234 e. The summed E-state index contributed by atoms with van der Waals surface area (Å²) in [6, 6.07) is 53.9. The molecule has 0 saturated heterocycles. The molecular weight excluding hydrogens is 783 g/mol. The average Bonchev–Trinajstić information content (AvgIpc) is 3.65. The molecule has 0 atom stereocenters. The van der Waals surface area contributed by atoms with Gasteiger partial charge in [-0.3, -0.25) is 4.57 Å². The van der Waals surface area contributed by atoms with Gasteiger partial charge in [-0.15, -0.1) is 0 Å². The van der Waals surface area contributed by atoms with Crippen LogP contribution in [0.3, 0.4) is 0 Å². The molecule has 0 bridgehead atoms. The number of fused-ring (bicyclic) bond motifs is 3. The Morgan fingerprint density at radius 3 is 1.27 bits per heavy atom. The summed E-state index contributed by atoms with van der Waals surface area (Å²) in [5.74, 6) is 5.39. The van der Waals surface area contributed by atoms with Gasteiger partial charge in [0.15, 0.2) is 0 Å². The van der Waals surface area contributed by atoms with Gasteiger partial charge in [0.2, 0.25) is 17.7 Å². The molecule has 0 unspecified atom stereocenters. The van der Waals surface area contributed by atoms with Crippen LogP contribution >= 0.6 is 0 Å². The number of ether oxygens (including phenoxy) is 4.